The maximum atomic E-state index is 8.58. The molecule has 0 aliphatic carbocycles. The minimum Gasteiger partial charge on any atom is -0.494 e. The molecule has 1 rings (SSSR count). The standard InChI is InChI=1S/C12H16N2O2/c1-4-16-12-7-5-11(6-8-12)13-9(2)10(3)14-15/h5-8,15H,4H2,1-3H3/b13-9?,14-10+. The maximum absolute atomic E-state index is 8.58. The summed E-state index contributed by atoms with van der Waals surface area (Å²) in [6, 6.07) is 7.44. The molecule has 0 atom stereocenters. The van der Waals surface area contributed by atoms with Gasteiger partial charge in [-0.1, -0.05) is 5.16 Å². The molecule has 1 aromatic carbocycles. The third-order valence-electron chi connectivity index (χ3n) is 2.12. The summed E-state index contributed by atoms with van der Waals surface area (Å²) in [5.41, 5.74) is 2.00. The van der Waals surface area contributed by atoms with Crippen LogP contribution in [0.15, 0.2) is 34.4 Å². The van der Waals surface area contributed by atoms with Gasteiger partial charge in [0.25, 0.3) is 0 Å². The van der Waals surface area contributed by atoms with Crippen LogP contribution < -0.4 is 4.74 Å². The molecule has 0 aliphatic heterocycles. The van der Waals surface area contributed by atoms with E-state index in [-0.39, 0.29) is 0 Å². The van der Waals surface area contributed by atoms with E-state index >= 15 is 0 Å². The number of hydrogen-bond acceptors (Lipinski definition) is 4. The van der Waals surface area contributed by atoms with Crippen LogP contribution in [-0.2, 0) is 0 Å². The van der Waals surface area contributed by atoms with Crippen molar-refractivity contribution in [1.82, 2.24) is 0 Å². The summed E-state index contributed by atoms with van der Waals surface area (Å²) in [6.45, 7) is 6.09. The topological polar surface area (TPSA) is 54.2 Å². The van der Waals surface area contributed by atoms with E-state index in [1.165, 1.54) is 0 Å². The van der Waals surface area contributed by atoms with Crippen LogP contribution in [-0.4, -0.2) is 23.2 Å². The molecule has 16 heavy (non-hydrogen) atoms. The molecule has 0 saturated carbocycles. The summed E-state index contributed by atoms with van der Waals surface area (Å²) >= 11 is 0. The molecule has 0 fully saturated rings. The Labute approximate surface area is 95.3 Å². The minimum absolute atomic E-state index is 0.508. The van der Waals surface area contributed by atoms with Crippen LogP contribution in [0, 0.1) is 0 Å². The summed E-state index contributed by atoms with van der Waals surface area (Å²) < 4.78 is 5.32. The number of nitrogens with zero attached hydrogens (tertiary/aromatic N) is 2. The van der Waals surface area contributed by atoms with E-state index in [9.17, 15) is 0 Å². The Bertz CT molecular complexity index is 394. The highest BCUT2D eigenvalue weighted by Gasteiger charge is 1.98. The van der Waals surface area contributed by atoms with Crippen LogP contribution in [0.3, 0.4) is 0 Å². The van der Waals surface area contributed by atoms with Gasteiger partial charge in [-0.2, -0.15) is 0 Å². The van der Waals surface area contributed by atoms with Crippen LogP contribution in [0.5, 0.6) is 5.75 Å². The normalized spacial score (nSPS) is 12.7. The first kappa shape index (κ1) is 12.2. The van der Waals surface area contributed by atoms with E-state index in [0.717, 1.165) is 11.4 Å². The van der Waals surface area contributed by atoms with E-state index in [4.69, 9.17) is 9.94 Å². The van der Waals surface area contributed by atoms with Crippen molar-refractivity contribution in [3.05, 3.63) is 24.3 Å². The van der Waals surface area contributed by atoms with Gasteiger partial charge in [0.1, 0.15) is 5.75 Å². The van der Waals surface area contributed by atoms with Crippen molar-refractivity contribution >= 4 is 17.1 Å². The number of oxime groups is 1. The Kier molecular flexibility index (Phi) is 4.51. The zero-order chi connectivity index (χ0) is 12.0. The van der Waals surface area contributed by atoms with Crippen molar-refractivity contribution in [2.75, 3.05) is 6.61 Å². The van der Waals surface area contributed by atoms with Gasteiger partial charge in [0.15, 0.2) is 0 Å². The molecule has 0 bridgehead atoms. The minimum atomic E-state index is 0.508. The van der Waals surface area contributed by atoms with E-state index in [1.54, 1.807) is 13.8 Å². The van der Waals surface area contributed by atoms with Gasteiger partial charge in [-0.3, -0.25) is 4.99 Å². The van der Waals surface area contributed by atoms with Crippen molar-refractivity contribution in [1.29, 1.82) is 0 Å². The van der Waals surface area contributed by atoms with Crippen LogP contribution in [0.2, 0.25) is 0 Å². The average Bonchev–Trinajstić information content (AvgIpc) is 2.31. The van der Waals surface area contributed by atoms with Gasteiger partial charge in [-0.25, -0.2) is 0 Å². The average molecular weight is 220 g/mol. The highest BCUT2D eigenvalue weighted by atomic mass is 16.5. The zero-order valence-corrected chi connectivity index (χ0v) is 9.77. The lowest BCUT2D eigenvalue weighted by Crippen LogP contribution is -2.04. The summed E-state index contributed by atoms with van der Waals surface area (Å²) in [5.74, 6) is 0.826. The second kappa shape index (κ2) is 5.90. The molecule has 0 saturated heterocycles. The molecule has 0 radical (unpaired) electrons. The Morgan fingerprint density at radius 3 is 2.31 bits per heavy atom. The van der Waals surface area contributed by atoms with E-state index < -0.39 is 0 Å². The van der Waals surface area contributed by atoms with Gasteiger partial charge in [-0.15, -0.1) is 0 Å². The number of rotatable bonds is 4. The number of benzene rings is 1. The third kappa shape index (κ3) is 3.38. The van der Waals surface area contributed by atoms with Gasteiger partial charge in [-0.05, 0) is 45.0 Å². The molecule has 0 spiro atoms. The van der Waals surface area contributed by atoms with Crippen molar-refractivity contribution in [2.45, 2.75) is 20.8 Å². The summed E-state index contributed by atoms with van der Waals surface area (Å²) in [5, 5.41) is 11.7. The Balaban J connectivity index is 2.82. The first-order valence-corrected chi connectivity index (χ1v) is 5.14. The Hall–Kier alpha value is -1.84. The largest absolute Gasteiger partial charge is 0.494 e. The fourth-order valence-electron chi connectivity index (χ4n) is 1.13. The molecule has 0 aromatic heterocycles. The molecule has 0 heterocycles. The first-order valence-electron chi connectivity index (χ1n) is 5.14. The third-order valence-corrected chi connectivity index (χ3v) is 2.12. The van der Waals surface area contributed by atoms with Crippen LogP contribution in [0.25, 0.3) is 0 Å². The lowest BCUT2D eigenvalue weighted by Gasteiger charge is -2.03. The van der Waals surface area contributed by atoms with Crippen molar-refractivity contribution < 1.29 is 9.94 Å². The van der Waals surface area contributed by atoms with Crippen LogP contribution >= 0.6 is 0 Å². The Morgan fingerprint density at radius 2 is 1.81 bits per heavy atom. The highest BCUT2D eigenvalue weighted by molar-refractivity contribution is 6.40. The second-order valence-corrected chi connectivity index (χ2v) is 3.31. The molecule has 0 unspecified atom stereocenters. The second-order valence-electron chi connectivity index (χ2n) is 3.31. The molecule has 86 valence electrons. The zero-order valence-electron chi connectivity index (χ0n) is 9.77. The monoisotopic (exact) mass is 220 g/mol. The van der Waals surface area contributed by atoms with Crippen LogP contribution in [0.4, 0.5) is 5.69 Å². The molecule has 0 amide bonds. The predicted molar refractivity (Wildman–Crippen MR) is 65.3 cm³/mol. The smallest absolute Gasteiger partial charge is 0.119 e. The summed E-state index contributed by atoms with van der Waals surface area (Å²) in [4.78, 5) is 4.30. The van der Waals surface area contributed by atoms with Crippen molar-refractivity contribution in [3.63, 3.8) is 0 Å². The lowest BCUT2D eigenvalue weighted by atomic mass is 10.2. The molecule has 1 aromatic rings. The van der Waals surface area contributed by atoms with Gasteiger partial charge in [0, 0.05) is 0 Å². The first-order chi connectivity index (χ1) is 7.67. The number of ether oxygens (including phenoxy) is 1. The fourth-order valence-corrected chi connectivity index (χ4v) is 1.13. The highest BCUT2D eigenvalue weighted by Crippen LogP contribution is 2.18. The quantitative estimate of drug-likeness (QED) is 0.481. The molecular formula is C12H16N2O2. The SMILES string of the molecule is CCOc1ccc(N=C(C)/C(C)=N/O)cc1. The molecule has 4 nitrogen and oxygen atoms in total. The van der Waals surface area contributed by atoms with E-state index in [1.807, 2.05) is 31.2 Å². The molecule has 4 heteroatoms. The summed E-state index contributed by atoms with van der Waals surface area (Å²) in [6.07, 6.45) is 0. The van der Waals surface area contributed by atoms with Gasteiger partial charge in [0.05, 0.1) is 23.7 Å². The fraction of sp³-hybridized carbons (Fsp3) is 0.333. The lowest BCUT2D eigenvalue weighted by molar-refractivity contribution is 0.320. The number of aliphatic imine (C=N–C) groups is 1. The maximum Gasteiger partial charge on any atom is 0.119 e. The molecule has 0 aliphatic rings. The van der Waals surface area contributed by atoms with Gasteiger partial charge < -0.3 is 9.94 Å². The predicted octanol–water partition coefficient (Wildman–Crippen LogP) is 3.03. The van der Waals surface area contributed by atoms with E-state index in [2.05, 4.69) is 10.1 Å². The Morgan fingerprint density at radius 1 is 1.19 bits per heavy atom. The van der Waals surface area contributed by atoms with E-state index in [0.29, 0.717) is 18.0 Å². The molecular weight excluding hydrogens is 204 g/mol. The van der Waals surface area contributed by atoms with Crippen molar-refractivity contribution in [2.24, 2.45) is 10.1 Å². The molecule has 1 N–H and O–H groups in total. The van der Waals surface area contributed by atoms with Gasteiger partial charge in [0.2, 0.25) is 0 Å². The van der Waals surface area contributed by atoms with Crippen LogP contribution in [0.1, 0.15) is 20.8 Å². The number of hydrogen-bond donors (Lipinski definition) is 1. The van der Waals surface area contributed by atoms with Crippen molar-refractivity contribution in [3.8, 4) is 5.75 Å². The summed E-state index contributed by atoms with van der Waals surface area (Å²) in [7, 11) is 0. The van der Waals surface area contributed by atoms with Gasteiger partial charge >= 0.3 is 0 Å².